The molecule has 0 bridgehead atoms. The first-order chi connectivity index (χ1) is 11.2. The van der Waals surface area contributed by atoms with Crippen LogP contribution in [0.1, 0.15) is 17.2 Å². The van der Waals surface area contributed by atoms with Crippen molar-refractivity contribution in [1.29, 1.82) is 0 Å². The fraction of sp³-hybridized carbons (Fsp3) is 0.500. The van der Waals surface area contributed by atoms with E-state index in [0.717, 1.165) is 15.7 Å². The zero-order valence-corrected chi connectivity index (χ0v) is 15.3. The molecule has 0 aliphatic rings. The van der Waals surface area contributed by atoms with Crippen LogP contribution in [0.5, 0.6) is 0 Å². The van der Waals surface area contributed by atoms with Gasteiger partial charge in [-0.2, -0.15) is 17.8 Å². The van der Waals surface area contributed by atoms with Crippen molar-refractivity contribution in [3.8, 4) is 5.82 Å². The van der Waals surface area contributed by atoms with Crippen LogP contribution < -0.4 is 10.0 Å². The Morgan fingerprint density at radius 1 is 1.12 bits per heavy atom. The first-order valence-corrected chi connectivity index (χ1v) is 8.93. The zero-order chi connectivity index (χ0) is 17.9. The van der Waals surface area contributed by atoms with E-state index in [-0.39, 0.29) is 6.54 Å². The van der Waals surface area contributed by atoms with E-state index in [4.69, 9.17) is 0 Å². The summed E-state index contributed by atoms with van der Waals surface area (Å²) in [6.07, 6.45) is 0. The predicted molar refractivity (Wildman–Crippen MR) is 92.5 cm³/mol. The van der Waals surface area contributed by atoms with Gasteiger partial charge in [-0.25, -0.2) is 19.4 Å². The number of hydrogen-bond acceptors (Lipinski definition) is 6. The largest absolute Gasteiger partial charge is 0.369 e. The molecular weight excluding hydrogens is 330 g/mol. The average Bonchev–Trinajstić information content (AvgIpc) is 2.82. The lowest BCUT2D eigenvalue weighted by molar-refractivity contribution is 0.507. The molecule has 0 aromatic carbocycles. The lowest BCUT2D eigenvalue weighted by Crippen LogP contribution is -2.38. The molecule has 0 aliphatic carbocycles. The molecule has 0 radical (unpaired) electrons. The number of rotatable bonds is 7. The maximum Gasteiger partial charge on any atom is 0.278 e. The van der Waals surface area contributed by atoms with Crippen LogP contribution in [0.15, 0.2) is 12.1 Å². The minimum atomic E-state index is -3.42. The second kappa shape index (κ2) is 7.24. The van der Waals surface area contributed by atoms with Crippen LogP contribution in [-0.2, 0) is 10.2 Å². The summed E-state index contributed by atoms with van der Waals surface area (Å²) in [7, 11) is -0.466. The lowest BCUT2D eigenvalue weighted by atomic mass is 10.4. The second-order valence-electron chi connectivity index (χ2n) is 5.61. The van der Waals surface area contributed by atoms with E-state index in [1.165, 1.54) is 14.1 Å². The summed E-state index contributed by atoms with van der Waals surface area (Å²) in [5.41, 5.74) is 1.90. The van der Waals surface area contributed by atoms with Gasteiger partial charge in [0.05, 0.1) is 5.69 Å². The Labute approximate surface area is 142 Å². The molecular formula is C14H23N7O2S. The van der Waals surface area contributed by atoms with Gasteiger partial charge in [-0.15, -0.1) is 0 Å². The molecule has 2 aromatic rings. The van der Waals surface area contributed by atoms with Gasteiger partial charge in [0.2, 0.25) is 0 Å². The average molecular weight is 353 g/mol. The smallest absolute Gasteiger partial charge is 0.278 e. The number of hydrogen-bond donors (Lipinski definition) is 2. The van der Waals surface area contributed by atoms with Crippen LogP contribution in [0, 0.1) is 20.8 Å². The Morgan fingerprint density at radius 3 is 2.42 bits per heavy atom. The number of nitrogens with one attached hydrogen (secondary N) is 2. The van der Waals surface area contributed by atoms with E-state index in [0.29, 0.717) is 24.0 Å². The van der Waals surface area contributed by atoms with Gasteiger partial charge in [0.15, 0.2) is 5.82 Å². The molecule has 0 amide bonds. The molecule has 2 aromatic heterocycles. The van der Waals surface area contributed by atoms with Crippen molar-refractivity contribution in [3.05, 3.63) is 29.3 Å². The highest BCUT2D eigenvalue weighted by atomic mass is 32.2. The van der Waals surface area contributed by atoms with Gasteiger partial charge in [-0.05, 0) is 26.8 Å². The summed E-state index contributed by atoms with van der Waals surface area (Å²) in [4.78, 5) is 8.71. The van der Waals surface area contributed by atoms with E-state index in [1.54, 1.807) is 17.7 Å². The summed E-state index contributed by atoms with van der Waals surface area (Å²) >= 11 is 0. The Morgan fingerprint density at radius 2 is 1.83 bits per heavy atom. The Balaban J connectivity index is 2.06. The molecule has 2 heterocycles. The van der Waals surface area contributed by atoms with E-state index in [2.05, 4.69) is 25.1 Å². The molecule has 0 atom stereocenters. The van der Waals surface area contributed by atoms with Crippen LogP contribution >= 0.6 is 0 Å². The van der Waals surface area contributed by atoms with Crippen molar-refractivity contribution in [1.82, 2.24) is 28.8 Å². The summed E-state index contributed by atoms with van der Waals surface area (Å²) in [5, 5.41) is 7.51. The highest BCUT2D eigenvalue weighted by Crippen LogP contribution is 2.13. The quantitative estimate of drug-likeness (QED) is 0.698. The molecule has 0 unspecified atom stereocenters. The normalized spacial score (nSPS) is 11.9. The first-order valence-electron chi connectivity index (χ1n) is 7.49. The van der Waals surface area contributed by atoms with Crippen LogP contribution in [0.2, 0.25) is 0 Å². The van der Waals surface area contributed by atoms with Crippen molar-refractivity contribution in [2.24, 2.45) is 0 Å². The summed E-state index contributed by atoms with van der Waals surface area (Å²) in [6.45, 7) is 6.34. The highest BCUT2D eigenvalue weighted by molar-refractivity contribution is 7.87. The molecule has 0 saturated heterocycles. The van der Waals surface area contributed by atoms with E-state index in [9.17, 15) is 8.42 Å². The van der Waals surface area contributed by atoms with Crippen LogP contribution in [0.25, 0.3) is 5.82 Å². The third-order valence-corrected chi connectivity index (χ3v) is 4.78. The standard InChI is InChI=1S/C14H23N7O2S/c1-10-8-11(2)21(19-10)14-9-13(17-12(3)18-14)15-6-7-16-24(22,23)20(4)5/h8-9,16H,6-7H2,1-5H3,(H,15,17,18). The third-order valence-electron chi connectivity index (χ3n) is 3.25. The van der Waals surface area contributed by atoms with E-state index >= 15 is 0 Å². The third kappa shape index (κ3) is 4.49. The summed E-state index contributed by atoms with van der Waals surface area (Å²) in [6, 6.07) is 3.76. The molecule has 0 aliphatic heterocycles. The van der Waals surface area contributed by atoms with Crippen LogP contribution in [0.4, 0.5) is 5.82 Å². The topological polar surface area (TPSA) is 105 Å². The maximum absolute atomic E-state index is 11.6. The molecule has 0 spiro atoms. The van der Waals surface area contributed by atoms with Crippen molar-refractivity contribution in [3.63, 3.8) is 0 Å². The highest BCUT2D eigenvalue weighted by Gasteiger charge is 2.12. The fourth-order valence-electron chi connectivity index (χ4n) is 2.11. The van der Waals surface area contributed by atoms with Gasteiger partial charge in [0.25, 0.3) is 10.2 Å². The molecule has 10 heteroatoms. The number of nitrogens with zero attached hydrogens (tertiary/aromatic N) is 5. The van der Waals surface area contributed by atoms with Gasteiger partial charge in [-0.3, -0.25) is 0 Å². The van der Waals surface area contributed by atoms with Gasteiger partial charge in [0, 0.05) is 38.9 Å². The van der Waals surface area contributed by atoms with Crippen LogP contribution in [-0.4, -0.2) is 59.7 Å². The van der Waals surface area contributed by atoms with Gasteiger partial charge < -0.3 is 5.32 Å². The molecule has 9 nitrogen and oxygen atoms in total. The first kappa shape index (κ1) is 18.3. The van der Waals surface area contributed by atoms with E-state index in [1.807, 2.05) is 19.9 Å². The number of anilines is 1. The Hall–Kier alpha value is -2.04. The maximum atomic E-state index is 11.6. The predicted octanol–water partition coefficient (Wildman–Crippen LogP) is 0.395. The van der Waals surface area contributed by atoms with Crippen LogP contribution in [0.3, 0.4) is 0 Å². The Bertz CT molecular complexity index is 815. The molecule has 2 rings (SSSR count). The number of aryl methyl sites for hydroxylation is 3. The Kier molecular flexibility index (Phi) is 5.52. The minimum absolute atomic E-state index is 0.249. The molecule has 2 N–H and O–H groups in total. The number of aromatic nitrogens is 4. The van der Waals surface area contributed by atoms with Crippen molar-refractivity contribution in [2.75, 3.05) is 32.5 Å². The van der Waals surface area contributed by atoms with Crippen molar-refractivity contribution in [2.45, 2.75) is 20.8 Å². The molecule has 0 saturated carbocycles. The molecule has 132 valence electrons. The second-order valence-corrected chi connectivity index (χ2v) is 7.58. The van der Waals surface area contributed by atoms with Gasteiger partial charge in [0.1, 0.15) is 11.6 Å². The van der Waals surface area contributed by atoms with Crippen molar-refractivity contribution >= 4 is 16.0 Å². The molecule has 24 heavy (non-hydrogen) atoms. The summed E-state index contributed by atoms with van der Waals surface area (Å²) < 4.78 is 28.6. The zero-order valence-electron chi connectivity index (χ0n) is 14.5. The lowest BCUT2D eigenvalue weighted by Gasteiger charge is -2.13. The van der Waals surface area contributed by atoms with E-state index < -0.39 is 10.2 Å². The minimum Gasteiger partial charge on any atom is -0.369 e. The van der Waals surface area contributed by atoms with Gasteiger partial charge in [-0.1, -0.05) is 0 Å². The van der Waals surface area contributed by atoms with Gasteiger partial charge >= 0.3 is 0 Å². The molecule has 0 fully saturated rings. The summed E-state index contributed by atoms with van der Waals surface area (Å²) in [5.74, 6) is 1.90. The SMILES string of the molecule is Cc1cc(C)n(-c2cc(NCCNS(=O)(=O)N(C)C)nc(C)n2)n1. The van der Waals surface area contributed by atoms with Crippen molar-refractivity contribution < 1.29 is 8.42 Å². The fourth-order valence-corrected chi connectivity index (χ4v) is 2.73. The monoisotopic (exact) mass is 353 g/mol.